The van der Waals surface area contributed by atoms with E-state index in [1.807, 2.05) is 6.26 Å². The van der Waals surface area contributed by atoms with Gasteiger partial charge in [-0.25, -0.2) is 9.78 Å². The van der Waals surface area contributed by atoms with Crippen LogP contribution < -0.4 is 16.0 Å². The van der Waals surface area contributed by atoms with Crippen molar-refractivity contribution >= 4 is 48.1 Å². The Bertz CT molecular complexity index is 980. The van der Waals surface area contributed by atoms with Crippen molar-refractivity contribution in [3.63, 3.8) is 0 Å². The molecule has 2 heterocycles. The number of thiol groups is 1. The zero-order valence-corrected chi connectivity index (χ0v) is 21.1. The SMILES string of the molecule is C/C=C1\NC(=O)c2nc(ccc2SC)CNC(=O)C[C@@H](/C=C/CCS)OC(=O)[C@H](CC)NC1=O. The van der Waals surface area contributed by atoms with Crippen LogP contribution in [-0.2, 0) is 25.7 Å². The van der Waals surface area contributed by atoms with Gasteiger partial charge >= 0.3 is 5.97 Å². The van der Waals surface area contributed by atoms with Gasteiger partial charge in [0.15, 0.2) is 0 Å². The highest BCUT2D eigenvalue weighted by Gasteiger charge is 2.27. The number of carbonyl (C=O) groups excluding carboxylic acids is 4. The number of nitrogens with one attached hydrogen (secondary N) is 3. The van der Waals surface area contributed by atoms with Gasteiger partial charge in [-0.05, 0) is 50.0 Å². The van der Waals surface area contributed by atoms with Crippen molar-refractivity contribution in [3.05, 3.63) is 47.4 Å². The number of carbonyl (C=O) groups is 4. The second kappa shape index (κ2) is 13.8. The van der Waals surface area contributed by atoms with Gasteiger partial charge in [0.05, 0.1) is 18.7 Å². The number of allylic oxidation sites excluding steroid dienone is 2. The number of hydrogen-bond donors (Lipinski definition) is 4. The maximum atomic E-state index is 12.9. The predicted molar refractivity (Wildman–Crippen MR) is 133 cm³/mol. The third-order valence-corrected chi connectivity index (χ3v) is 5.93. The van der Waals surface area contributed by atoms with Crippen LogP contribution in [-0.4, -0.2) is 52.8 Å². The fourth-order valence-electron chi connectivity index (χ4n) is 3.06. The van der Waals surface area contributed by atoms with E-state index in [0.29, 0.717) is 22.8 Å². The van der Waals surface area contributed by atoms with E-state index >= 15 is 0 Å². The van der Waals surface area contributed by atoms with Crippen LogP contribution in [0.5, 0.6) is 0 Å². The highest BCUT2D eigenvalue weighted by Crippen LogP contribution is 2.20. The smallest absolute Gasteiger partial charge is 0.329 e. The first kappa shape index (κ1) is 27.5. The lowest BCUT2D eigenvalue weighted by atomic mass is 10.1. The Morgan fingerprint density at radius 1 is 1.24 bits per heavy atom. The van der Waals surface area contributed by atoms with Gasteiger partial charge in [-0.1, -0.05) is 19.1 Å². The third kappa shape index (κ3) is 7.91. The Morgan fingerprint density at radius 3 is 2.65 bits per heavy atom. The molecule has 1 aliphatic heterocycles. The predicted octanol–water partition coefficient (Wildman–Crippen LogP) is 2.14. The van der Waals surface area contributed by atoms with Gasteiger partial charge in [0.2, 0.25) is 5.91 Å². The van der Waals surface area contributed by atoms with Gasteiger partial charge in [-0.2, -0.15) is 12.6 Å². The maximum absolute atomic E-state index is 12.9. The van der Waals surface area contributed by atoms with Crippen molar-refractivity contribution in [1.29, 1.82) is 0 Å². The fourth-order valence-corrected chi connectivity index (χ4v) is 3.75. The van der Waals surface area contributed by atoms with Crippen molar-refractivity contribution in [2.75, 3.05) is 12.0 Å². The molecule has 9 nitrogen and oxygen atoms in total. The van der Waals surface area contributed by atoms with E-state index in [1.54, 1.807) is 38.1 Å². The van der Waals surface area contributed by atoms with Crippen LogP contribution in [0, 0.1) is 0 Å². The molecular formula is C23H30N4O5S2. The summed E-state index contributed by atoms with van der Waals surface area (Å²) in [6, 6.07) is 2.50. The van der Waals surface area contributed by atoms with E-state index in [4.69, 9.17) is 4.74 Å². The Kier molecular flexibility index (Phi) is 11.1. The van der Waals surface area contributed by atoms with Gasteiger partial charge in [0, 0.05) is 4.90 Å². The van der Waals surface area contributed by atoms with Crippen molar-refractivity contribution < 1.29 is 23.9 Å². The standard InChI is InChI=1S/C23H30N4O5S2/c1-4-16-21(29)27-17(5-2)23(31)32-15(8-6-7-11-33)12-19(28)24-13-14-9-10-18(34-3)20(25-14)22(30)26-16/h4,6,8-10,15,17,33H,5,7,11-13H2,1-3H3,(H,24,28)(H,26,30)(H,27,29)/b8-6+,16-4-/t15-,17+/m1/s1. The minimum atomic E-state index is -0.959. The van der Waals surface area contributed by atoms with E-state index in [0.717, 1.165) is 0 Å². The summed E-state index contributed by atoms with van der Waals surface area (Å²) in [4.78, 5) is 56.1. The molecule has 1 aliphatic rings. The van der Waals surface area contributed by atoms with Crippen LogP contribution in [0.4, 0.5) is 0 Å². The quantitative estimate of drug-likeness (QED) is 0.158. The summed E-state index contributed by atoms with van der Waals surface area (Å²) in [5.41, 5.74) is 0.596. The van der Waals surface area contributed by atoms with E-state index in [-0.39, 0.29) is 36.7 Å². The molecule has 0 radical (unpaired) electrons. The van der Waals surface area contributed by atoms with Crippen molar-refractivity contribution in [2.24, 2.45) is 0 Å². The number of hydrogen-bond acceptors (Lipinski definition) is 8. The molecule has 3 N–H and O–H groups in total. The van der Waals surface area contributed by atoms with Crippen LogP contribution in [0.25, 0.3) is 0 Å². The van der Waals surface area contributed by atoms with Crippen LogP contribution in [0.15, 0.2) is 41.0 Å². The summed E-state index contributed by atoms with van der Waals surface area (Å²) < 4.78 is 5.53. The summed E-state index contributed by atoms with van der Waals surface area (Å²) in [5, 5.41) is 7.92. The molecule has 0 saturated heterocycles. The lowest BCUT2D eigenvalue weighted by Crippen LogP contribution is -2.46. The Morgan fingerprint density at radius 2 is 2.00 bits per heavy atom. The van der Waals surface area contributed by atoms with E-state index in [9.17, 15) is 19.2 Å². The fraction of sp³-hybridized carbons (Fsp3) is 0.435. The molecular weight excluding hydrogens is 476 g/mol. The maximum Gasteiger partial charge on any atom is 0.329 e. The normalized spacial score (nSPS) is 21.7. The van der Waals surface area contributed by atoms with Crippen molar-refractivity contribution in [1.82, 2.24) is 20.9 Å². The molecule has 2 atom stereocenters. The van der Waals surface area contributed by atoms with E-state index in [2.05, 4.69) is 33.6 Å². The summed E-state index contributed by atoms with van der Waals surface area (Å²) >= 11 is 5.49. The lowest BCUT2D eigenvalue weighted by Gasteiger charge is -2.21. The number of nitrogens with zero attached hydrogens (tertiary/aromatic N) is 1. The zero-order valence-electron chi connectivity index (χ0n) is 19.4. The summed E-state index contributed by atoms with van der Waals surface area (Å²) in [7, 11) is 0. The number of amides is 3. The first-order valence-electron chi connectivity index (χ1n) is 10.9. The average Bonchev–Trinajstić information content (AvgIpc) is 2.83. The molecule has 3 amide bonds. The van der Waals surface area contributed by atoms with Crippen LogP contribution in [0.3, 0.4) is 0 Å². The Labute approximate surface area is 209 Å². The first-order chi connectivity index (χ1) is 16.3. The van der Waals surface area contributed by atoms with Crippen molar-refractivity contribution in [3.8, 4) is 0 Å². The molecule has 0 fully saturated rings. The summed E-state index contributed by atoms with van der Waals surface area (Å²) in [5.74, 6) is -1.62. The largest absolute Gasteiger partial charge is 0.456 e. The van der Waals surface area contributed by atoms with Gasteiger partial charge in [0.25, 0.3) is 11.8 Å². The van der Waals surface area contributed by atoms with Crippen molar-refractivity contribution in [2.45, 2.75) is 56.7 Å². The molecule has 0 saturated carbocycles. The Balaban J connectivity index is 2.42. The van der Waals surface area contributed by atoms with E-state index in [1.165, 1.54) is 17.8 Å². The molecule has 1 aromatic heterocycles. The zero-order chi connectivity index (χ0) is 25.1. The number of ether oxygens (including phenoxy) is 1. The van der Waals surface area contributed by atoms with Gasteiger partial charge in [-0.3, -0.25) is 14.4 Å². The van der Waals surface area contributed by atoms with Gasteiger partial charge in [0.1, 0.15) is 23.5 Å². The van der Waals surface area contributed by atoms with E-state index < -0.39 is 29.9 Å². The first-order valence-corrected chi connectivity index (χ1v) is 12.8. The molecule has 11 heteroatoms. The number of cyclic esters (lactones) is 1. The number of aromatic nitrogens is 1. The minimum Gasteiger partial charge on any atom is -0.456 e. The second-order valence-electron chi connectivity index (χ2n) is 7.34. The van der Waals surface area contributed by atoms with Gasteiger partial charge in [-0.15, -0.1) is 11.8 Å². The van der Waals surface area contributed by atoms with Crippen LogP contribution >= 0.6 is 24.4 Å². The number of esters is 1. The monoisotopic (exact) mass is 506 g/mol. The third-order valence-electron chi connectivity index (χ3n) is 4.90. The lowest BCUT2D eigenvalue weighted by molar-refractivity contribution is -0.151. The highest BCUT2D eigenvalue weighted by molar-refractivity contribution is 7.98. The van der Waals surface area contributed by atoms with Crippen LogP contribution in [0.2, 0.25) is 0 Å². The average molecular weight is 507 g/mol. The number of fused-ring (bicyclic) bond motifs is 2. The topological polar surface area (TPSA) is 126 Å². The highest BCUT2D eigenvalue weighted by atomic mass is 32.2. The minimum absolute atomic E-state index is 0.0128. The summed E-state index contributed by atoms with van der Waals surface area (Å²) in [6.45, 7) is 3.41. The second-order valence-corrected chi connectivity index (χ2v) is 8.64. The number of pyridine rings is 1. The van der Waals surface area contributed by atoms with Crippen LogP contribution in [0.1, 0.15) is 49.3 Å². The molecule has 0 aromatic carbocycles. The molecule has 2 rings (SSSR count). The molecule has 0 unspecified atom stereocenters. The molecule has 0 spiro atoms. The Hall–Kier alpha value is -2.79. The number of rotatable bonds is 5. The molecule has 34 heavy (non-hydrogen) atoms. The number of thioether (sulfide) groups is 1. The molecule has 184 valence electrons. The molecule has 2 bridgehead atoms. The van der Waals surface area contributed by atoms with Gasteiger partial charge < -0.3 is 20.7 Å². The summed E-state index contributed by atoms with van der Waals surface area (Å²) in [6.07, 6.45) is 6.68. The molecule has 1 aromatic rings. The molecule has 0 aliphatic carbocycles.